The summed E-state index contributed by atoms with van der Waals surface area (Å²) in [5, 5.41) is 3.49. The van der Waals surface area contributed by atoms with Crippen LogP contribution in [-0.4, -0.2) is 23.1 Å². The lowest BCUT2D eigenvalue weighted by atomic mass is 10.3. The van der Waals surface area contributed by atoms with Gasteiger partial charge in [-0.3, -0.25) is 0 Å². The Morgan fingerprint density at radius 3 is 2.65 bits per heavy atom. The first kappa shape index (κ1) is 16.1. The number of rotatable bonds is 7. The molecule has 0 radical (unpaired) electrons. The van der Waals surface area contributed by atoms with Gasteiger partial charge in [0.05, 0.1) is 12.3 Å². The van der Waals surface area contributed by atoms with Gasteiger partial charge in [0.2, 0.25) is 5.88 Å². The summed E-state index contributed by atoms with van der Waals surface area (Å²) in [7, 11) is 0. The molecule has 1 aromatic heterocycles. The monoisotopic (exact) mass is 335 g/mol. The number of nitrogens with zero attached hydrogens (tertiary/aromatic N) is 2. The van der Waals surface area contributed by atoms with Crippen molar-refractivity contribution in [3.63, 3.8) is 0 Å². The third kappa shape index (κ3) is 3.89. The Labute approximate surface area is 129 Å². The molecule has 1 unspecified atom stereocenters. The molecule has 5 nitrogen and oxygen atoms in total. The molecule has 0 aliphatic heterocycles. The van der Waals surface area contributed by atoms with Crippen molar-refractivity contribution >= 4 is 30.1 Å². The van der Waals surface area contributed by atoms with E-state index in [9.17, 15) is 0 Å². The highest BCUT2D eigenvalue weighted by atomic mass is 35.5. The van der Waals surface area contributed by atoms with E-state index in [1.54, 1.807) is 0 Å². The predicted molar refractivity (Wildman–Crippen MR) is 84.0 cm³/mol. The van der Waals surface area contributed by atoms with Crippen molar-refractivity contribution in [2.45, 2.75) is 39.5 Å². The van der Waals surface area contributed by atoms with Gasteiger partial charge < -0.3 is 9.05 Å². The van der Waals surface area contributed by atoms with Gasteiger partial charge in [-0.05, 0) is 38.5 Å². The quantitative estimate of drug-likeness (QED) is 0.769. The van der Waals surface area contributed by atoms with Gasteiger partial charge in [-0.2, -0.15) is 4.98 Å². The zero-order valence-corrected chi connectivity index (χ0v) is 14.3. The van der Waals surface area contributed by atoms with E-state index in [1.807, 2.05) is 20.8 Å². The molecule has 2 rings (SSSR count). The SMILES string of the molecule is CCNP(=S)(OCC)Oc1nc(C2CC2)nc(C)c1Cl. The molecule has 0 amide bonds. The van der Waals surface area contributed by atoms with E-state index in [1.165, 1.54) is 0 Å². The molecule has 112 valence electrons. The lowest BCUT2D eigenvalue weighted by molar-refractivity contribution is 0.320. The topological polar surface area (TPSA) is 56.3 Å². The number of hydrogen-bond donors (Lipinski definition) is 1. The van der Waals surface area contributed by atoms with Crippen LogP contribution in [0.25, 0.3) is 0 Å². The largest absolute Gasteiger partial charge is 0.412 e. The van der Waals surface area contributed by atoms with Gasteiger partial charge in [0.15, 0.2) is 0 Å². The van der Waals surface area contributed by atoms with E-state index in [-0.39, 0.29) is 0 Å². The fourth-order valence-corrected chi connectivity index (χ4v) is 4.11. The number of hydrogen-bond acceptors (Lipinski definition) is 5. The minimum absolute atomic E-state index is 0.332. The van der Waals surface area contributed by atoms with Crippen LogP contribution in [0.3, 0.4) is 0 Å². The standard InChI is InChI=1S/C12H19ClN3O2PS/c1-4-14-19(20,17-5-2)18-12-10(13)8(3)15-11(16-12)9-6-7-9/h9H,4-7H2,1-3H3,(H,14,20). The fraction of sp³-hybridized carbons (Fsp3) is 0.667. The maximum Gasteiger partial charge on any atom is 0.314 e. The smallest absolute Gasteiger partial charge is 0.314 e. The van der Waals surface area contributed by atoms with E-state index in [0.29, 0.717) is 35.7 Å². The molecule has 0 spiro atoms. The summed E-state index contributed by atoms with van der Waals surface area (Å²) < 4.78 is 11.4. The highest BCUT2D eigenvalue weighted by Gasteiger charge is 2.30. The summed E-state index contributed by atoms with van der Waals surface area (Å²) in [4.78, 5) is 8.83. The third-order valence-corrected chi connectivity index (χ3v) is 5.88. The van der Waals surface area contributed by atoms with Crippen molar-refractivity contribution in [2.24, 2.45) is 0 Å². The fourth-order valence-electron chi connectivity index (χ4n) is 1.72. The van der Waals surface area contributed by atoms with Crippen LogP contribution in [-0.2, 0) is 16.3 Å². The van der Waals surface area contributed by atoms with Crippen molar-refractivity contribution in [3.8, 4) is 5.88 Å². The van der Waals surface area contributed by atoms with Crippen LogP contribution in [0.5, 0.6) is 5.88 Å². The molecule has 1 atom stereocenters. The molecule has 8 heteroatoms. The molecule has 1 heterocycles. The molecule has 20 heavy (non-hydrogen) atoms. The first-order valence-corrected chi connectivity index (χ1v) is 9.74. The summed E-state index contributed by atoms with van der Waals surface area (Å²) in [6.45, 7) is 4.20. The van der Waals surface area contributed by atoms with E-state index >= 15 is 0 Å². The Morgan fingerprint density at radius 2 is 2.10 bits per heavy atom. The Hall–Kier alpha value is -0.260. The summed E-state index contributed by atoms with van der Waals surface area (Å²) in [5.41, 5.74) is 0.716. The maximum absolute atomic E-state index is 6.23. The average molecular weight is 336 g/mol. The first-order chi connectivity index (χ1) is 9.49. The second kappa shape index (κ2) is 6.67. The Balaban J connectivity index is 2.28. The van der Waals surface area contributed by atoms with E-state index < -0.39 is 6.64 Å². The lowest BCUT2D eigenvalue weighted by Gasteiger charge is -2.22. The summed E-state index contributed by atoms with van der Waals surface area (Å²) in [6.07, 6.45) is 2.24. The number of aromatic nitrogens is 2. The predicted octanol–water partition coefficient (Wildman–Crippen LogP) is 3.57. The van der Waals surface area contributed by atoms with Gasteiger partial charge in [0, 0.05) is 12.5 Å². The number of nitrogens with one attached hydrogen (secondary N) is 1. The van der Waals surface area contributed by atoms with Crippen LogP contribution >= 0.6 is 18.2 Å². The molecule has 1 aliphatic rings. The summed E-state index contributed by atoms with van der Waals surface area (Å²) in [5.74, 6) is 1.55. The van der Waals surface area contributed by atoms with Crippen LogP contribution in [0.2, 0.25) is 5.02 Å². The molecule has 1 saturated carbocycles. The minimum atomic E-state index is -2.61. The molecule has 0 saturated heterocycles. The van der Waals surface area contributed by atoms with Crippen molar-refractivity contribution in [1.82, 2.24) is 15.1 Å². The normalized spacial score (nSPS) is 17.8. The molecule has 1 aromatic rings. The van der Waals surface area contributed by atoms with Crippen molar-refractivity contribution in [2.75, 3.05) is 13.2 Å². The van der Waals surface area contributed by atoms with Gasteiger partial charge in [0.25, 0.3) is 0 Å². The van der Waals surface area contributed by atoms with Crippen LogP contribution in [0.1, 0.15) is 44.1 Å². The Morgan fingerprint density at radius 1 is 1.40 bits per heavy atom. The van der Waals surface area contributed by atoms with Crippen molar-refractivity contribution < 1.29 is 9.05 Å². The van der Waals surface area contributed by atoms with Crippen molar-refractivity contribution in [3.05, 3.63) is 16.5 Å². The van der Waals surface area contributed by atoms with E-state index in [0.717, 1.165) is 18.7 Å². The van der Waals surface area contributed by atoms with Gasteiger partial charge >= 0.3 is 6.64 Å². The van der Waals surface area contributed by atoms with Gasteiger partial charge in [0.1, 0.15) is 10.8 Å². The van der Waals surface area contributed by atoms with Crippen LogP contribution in [0, 0.1) is 6.92 Å². The second-order valence-corrected chi connectivity index (χ2v) is 8.15. The van der Waals surface area contributed by atoms with Gasteiger partial charge in [-0.25, -0.2) is 10.1 Å². The summed E-state index contributed by atoms with van der Waals surface area (Å²) in [6, 6.07) is 0. The summed E-state index contributed by atoms with van der Waals surface area (Å²) >= 11 is 11.7. The number of halogens is 1. The molecule has 1 fully saturated rings. The zero-order valence-electron chi connectivity index (χ0n) is 11.9. The minimum Gasteiger partial charge on any atom is -0.412 e. The molecular weight excluding hydrogens is 317 g/mol. The van der Waals surface area contributed by atoms with E-state index in [2.05, 4.69) is 15.1 Å². The highest BCUT2D eigenvalue weighted by Crippen LogP contribution is 2.47. The van der Waals surface area contributed by atoms with Crippen LogP contribution in [0.15, 0.2) is 0 Å². The molecular formula is C12H19ClN3O2PS. The Kier molecular flexibility index (Phi) is 5.37. The Bertz CT molecular complexity index is 530. The average Bonchev–Trinajstić information content (AvgIpc) is 3.19. The van der Waals surface area contributed by atoms with Crippen molar-refractivity contribution in [1.29, 1.82) is 0 Å². The third-order valence-electron chi connectivity index (χ3n) is 2.80. The first-order valence-electron chi connectivity index (χ1n) is 6.72. The molecule has 0 aromatic carbocycles. The molecule has 1 aliphatic carbocycles. The van der Waals surface area contributed by atoms with Crippen LogP contribution in [0.4, 0.5) is 0 Å². The highest BCUT2D eigenvalue weighted by molar-refractivity contribution is 8.09. The van der Waals surface area contributed by atoms with Crippen LogP contribution < -0.4 is 9.61 Å². The number of aryl methyl sites for hydroxylation is 1. The lowest BCUT2D eigenvalue weighted by Crippen LogP contribution is -2.17. The van der Waals surface area contributed by atoms with E-state index in [4.69, 9.17) is 32.5 Å². The second-order valence-electron chi connectivity index (χ2n) is 4.58. The molecule has 0 bridgehead atoms. The maximum atomic E-state index is 6.23. The zero-order chi connectivity index (χ0) is 14.8. The van der Waals surface area contributed by atoms with Gasteiger partial charge in [-0.1, -0.05) is 18.5 Å². The molecule has 1 N–H and O–H groups in total. The van der Waals surface area contributed by atoms with Gasteiger partial charge in [-0.15, -0.1) is 0 Å².